The summed E-state index contributed by atoms with van der Waals surface area (Å²) in [6, 6.07) is 13.7. The summed E-state index contributed by atoms with van der Waals surface area (Å²) < 4.78 is 5.10. The number of hydrogen-bond acceptors (Lipinski definition) is 7. The number of ether oxygens (including phenoxy) is 1. The third-order valence-corrected chi connectivity index (χ3v) is 4.59. The van der Waals surface area contributed by atoms with Gasteiger partial charge in [0.15, 0.2) is 0 Å². The zero-order chi connectivity index (χ0) is 18.6. The van der Waals surface area contributed by atoms with Crippen molar-refractivity contribution in [2.24, 2.45) is 0 Å². The molecule has 0 N–H and O–H groups in total. The first kappa shape index (κ1) is 17.2. The number of carbonyl (C=O) groups excluding carboxylic acids is 1. The summed E-state index contributed by atoms with van der Waals surface area (Å²) in [7, 11) is 0. The van der Waals surface area contributed by atoms with Gasteiger partial charge in [-0.3, -0.25) is 0 Å². The molecule has 0 bridgehead atoms. The predicted molar refractivity (Wildman–Crippen MR) is 104 cm³/mol. The van der Waals surface area contributed by atoms with Crippen molar-refractivity contribution in [2.45, 2.75) is 6.92 Å². The fraction of sp³-hybridized carbons (Fsp3) is 0.300. The van der Waals surface area contributed by atoms with Crippen LogP contribution < -0.4 is 9.80 Å². The van der Waals surface area contributed by atoms with E-state index in [0.29, 0.717) is 6.61 Å². The number of pyridine rings is 1. The van der Waals surface area contributed by atoms with Gasteiger partial charge in [-0.05, 0) is 31.2 Å². The zero-order valence-electron chi connectivity index (χ0n) is 15.2. The Hall–Kier alpha value is -3.22. The van der Waals surface area contributed by atoms with E-state index < -0.39 is 5.97 Å². The lowest BCUT2D eigenvalue weighted by molar-refractivity contribution is 0.0512. The molecule has 2 aromatic heterocycles. The lowest BCUT2D eigenvalue weighted by Crippen LogP contribution is -2.47. The maximum absolute atomic E-state index is 12.2. The molecule has 1 aliphatic rings. The Bertz CT molecular complexity index is 940. The average molecular weight is 363 g/mol. The predicted octanol–water partition coefficient (Wildman–Crippen LogP) is 2.53. The van der Waals surface area contributed by atoms with Crippen LogP contribution in [0.3, 0.4) is 0 Å². The topological polar surface area (TPSA) is 71.5 Å². The normalized spacial score (nSPS) is 14.4. The van der Waals surface area contributed by atoms with Gasteiger partial charge in [-0.15, -0.1) is 0 Å². The zero-order valence-corrected chi connectivity index (χ0v) is 15.2. The summed E-state index contributed by atoms with van der Waals surface area (Å²) in [5, 5.41) is 0.942. The molecule has 1 fully saturated rings. The number of fused-ring (bicyclic) bond motifs is 1. The highest BCUT2D eigenvalue weighted by atomic mass is 16.5. The molecular formula is C20H21N5O2. The number of carbonyl (C=O) groups is 1. The first-order valence-corrected chi connectivity index (χ1v) is 9.11. The molecule has 1 aromatic carbocycles. The Balaban J connectivity index is 1.62. The van der Waals surface area contributed by atoms with Gasteiger partial charge in [0.2, 0.25) is 5.82 Å². The van der Waals surface area contributed by atoms with Gasteiger partial charge < -0.3 is 14.5 Å². The van der Waals surface area contributed by atoms with Crippen LogP contribution in [0, 0.1) is 0 Å². The second-order valence-electron chi connectivity index (χ2n) is 6.27. The molecule has 138 valence electrons. The minimum atomic E-state index is -0.489. The number of aromatic nitrogens is 3. The SMILES string of the molecule is CCOC(=O)c1nc(N2CCN(c3ccccn3)CC2)c2ccccc2n1. The maximum atomic E-state index is 12.2. The molecule has 0 radical (unpaired) electrons. The monoisotopic (exact) mass is 363 g/mol. The van der Waals surface area contributed by atoms with Crippen LogP contribution >= 0.6 is 0 Å². The number of hydrogen-bond donors (Lipinski definition) is 0. The van der Waals surface area contributed by atoms with Gasteiger partial charge in [0, 0.05) is 37.8 Å². The maximum Gasteiger partial charge on any atom is 0.376 e. The van der Waals surface area contributed by atoms with Gasteiger partial charge in [-0.25, -0.2) is 19.7 Å². The number of anilines is 2. The van der Waals surface area contributed by atoms with Gasteiger partial charge in [0.1, 0.15) is 11.6 Å². The van der Waals surface area contributed by atoms with Gasteiger partial charge in [0.05, 0.1) is 12.1 Å². The van der Waals surface area contributed by atoms with E-state index in [9.17, 15) is 4.79 Å². The first-order chi connectivity index (χ1) is 13.3. The van der Waals surface area contributed by atoms with E-state index in [4.69, 9.17) is 4.74 Å². The molecule has 1 saturated heterocycles. The van der Waals surface area contributed by atoms with Crippen molar-refractivity contribution in [3.05, 3.63) is 54.5 Å². The fourth-order valence-electron chi connectivity index (χ4n) is 3.28. The molecule has 0 spiro atoms. The van der Waals surface area contributed by atoms with Crippen LogP contribution in [0.2, 0.25) is 0 Å². The standard InChI is InChI=1S/C20H21N5O2/c1-2-27-20(26)18-22-16-8-4-3-7-15(16)19(23-18)25-13-11-24(12-14-25)17-9-5-6-10-21-17/h3-10H,2,11-14H2,1H3. The third-order valence-electron chi connectivity index (χ3n) is 4.59. The minimum absolute atomic E-state index is 0.109. The molecular weight excluding hydrogens is 342 g/mol. The molecule has 3 heterocycles. The quantitative estimate of drug-likeness (QED) is 0.660. The first-order valence-electron chi connectivity index (χ1n) is 9.11. The number of piperazine rings is 1. The molecule has 4 rings (SSSR count). The lowest BCUT2D eigenvalue weighted by Gasteiger charge is -2.36. The lowest BCUT2D eigenvalue weighted by atomic mass is 10.2. The second kappa shape index (κ2) is 7.57. The van der Waals surface area contributed by atoms with E-state index >= 15 is 0 Å². The highest BCUT2D eigenvalue weighted by Crippen LogP contribution is 2.26. The largest absolute Gasteiger partial charge is 0.460 e. The number of esters is 1. The van der Waals surface area contributed by atoms with Gasteiger partial charge in [-0.1, -0.05) is 18.2 Å². The Morgan fingerprint density at radius 3 is 2.48 bits per heavy atom. The number of rotatable bonds is 4. The Morgan fingerprint density at radius 2 is 1.74 bits per heavy atom. The van der Waals surface area contributed by atoms with Gasteiger partial charge >= 0.3 is 5.97 Å². The van der Waals surface area contributed by atoms with Crippen LogP contribution in [0.4, 0.5) is 11.6 Å². The van der Waals surface area contributed by atoms with Crippen LogP contribution in [0.15, 0.2) is 48.7 Å². The molecule has 27 heavy (non-hydrogen) atoms. The Kier molecular flexibility index (Phi) is 4.82. The molecule has 0 saturated carbocycles. The van der Waals surface area contributed by atoms with E-state index in [1.54, 1.807) is 6.92 Å². The summed E-state index contributed by atoms with van der Waals surface area (Å²) in [5.41, 5.74) is 0.748. The highest BCUT2D eigenvalue weighted by molar-refractivity contribution is 5.94. The van der Waals surface area contributed by atoms with E-state index in [-0.39, 0.29) is 5.82 Å². The second-order valence-corrected chi connectivity index (χ2v) is 6.27. The minimum Gasteiger partial charge on any atom is -0.460 e. The Labute approximate surface area is 157 Å². The number of para-hydroxylation sites is 1. The van der Waals surface area contributed by atoms with Gasteiger partial charge in [0.25, 0.3) is 0 Å². The molecule has 0 amide bonds. The number of nitrogens with zero attached hydrogens (tertiary/aromatic N) is 5. The third kappa shape index (κ3) is 3.53. The summed E-state index contributed by atoms with van der Waals surface area (Å²) in [6.45, 7) is 5.33. The van der Waals surface area contributed by atoms with Crippen molar-refractivity contribution < 1.29 is 9.53 Å². The van der Waals surface area contributed by atoms with Crippen LogP contribution in [-0.2, 0) is 4.74 Å². The van der Waals surface area contributed by atoms with Crippen molar-refractivity contribution in [3.63, 3.8) is 0 Å². The number of benzene rings is 1. The summed E-state index contributed by atoms with van der Waals surface area (Å²) in [4.78, 5) is 30.0. The average Bonchev–Trinajstić information content (AvgIpc) is 2.74. The van der Waals surface area contributed by atoms with E-state index in [2.05, 4.69) is 24.8 Å². The summed E-state index contributed by atoms with van der Waals surface area (Å²) in [6.07, 6.45) is 1.81. The molecule has 0 atom stereocenters. The van der Waals surface area contributed by atoms with E-state index in [1.807, 2.05) is 48.7 Å². The molecule has 7 nitrogen and oxygen atoms in total. The van der Waals surface area contributed by atoms with Gasteiger partial charge in [-0.2, -0.15) is 0 Å². The van der Waals surface area contributed by atoms with E-state index in [1.165, 1.54) is 0 Å². The van der Waals surface area contributed by atoms with Crippen LogP contribution in [-0.4, -0.2) is 53.7 Å². The van der Waals surface area contributed by atoms with Crippen molar-refractivity contribution in [1.82, 2.24) is 15.0 Å². The van der Waals surface area contributed by atoms with Crippen LogP contribution in [0.5, 0.6) is 0 Å². The highest BCUT2D eigenvalue weighted by Gasteiger charge is 2.23. The van der Waals surface area contributed by atoms with E-state index in [0.717, 1.165) is 48.7 Å². The molecule has 3 aromatic rings. The smallest absolute Gasteiger partial charge is 0.376 e. The van der Waals surface area contributed by atoms with Crippen molar-refractivity contribution in [1.29, 1.82) is 0 Å². The van der Waals surface area contributed by atoms with Crippen molar-refractivity contribution in [2.75, 3.05) is 42.6 Å². The van der Waals surface area contributed by atoms with Crippen LogP contribution in [0.1, 0.15) is 17.5 Å². The molecule has 0 aliphatic carbocycles. The van der Waals surface area contributed by atoms with Crippen molar-refractivity contribution in [3.8, 4) is 0 Å². The Morgan fingerprint density at radius 1 is 1.00 bits per heavy atom. The van der Waals surface area contributed by atoms with Crippen LogP contribution in [0.25, 0.3) is 10.9 Å². The molecule has 0 unspecified atom stereocenters. The molecule has 7 heteroatoms. The summed E-state index contributed by atoms with van der Waals surface area (Å²) in [5.74, 6) is 1.38. The van der Waals surface area contributed by atoms with Crippen molar-refractivity contribution >= 4 is 28.5 Å². The summed E-state index contributed by atoms with van der Waals surface area (Å²) >= 11 is 0. The fourth-order valence-corrected chi connectivity index (χ4v) is 3.28. The molecule has 1 aliphatic heterocycles.